The van der Waals surface area contributed by atoms with Gasteiger partial charge in [0.25, 0.3) is 0 Å². The van der Waals surface area contributed by atoms with Gasteiger partial charge in [0.1, 0.15) is 6.61 Å². The van der Waals surface area contributed by atoms with Crippen LogP contribution in [0.5, 0.6) is 11.5 Å². The average molecular weight is 263 g/mol. The van der Waals surface area contributed by atoms with Crippen molar-refractivity contribution in [2.24, 2.45) is 7.05 Å². The highest BCUT2D eigenvalue weighted by Crippen LogP contribution is 2.36. The van der Waals surface area contributed by atoms with E-state index in [0.717, 1.165) is 11.4 Å². The second-order valence-electron chi connectivity index (χ2n) is 3.95. The third-order valence-corrected chi connectivity index (χ3v) is 2.77. The fourth-order valence-corrected chi connectivity index (χ4v) is 1.85. The molecule has 0 bridgehead atoms. The number of rotatable bonds is 5. The molecule has 0 spiro atoms. The van der Waals surface area contributed by atoms with Crippen LogP contribution in [0.2, 0.25) is 0 Å². The highest BCUT2D eigenvalue weighted by Gasteiger charge is 2.16. The maximum atomic E-state index is 5.39. The number of hydrogen-bond donors (Lipinski definition) is 0. The molecule has 2 aromatic rings. The van der Waals surface area contributed by atoms with E-state index in [1.807, 2.05) is 25.2 Å². The van der Waals surface area contributed by atoms with Gasteiger partial charge in [-0.2, -0.15) is 5.10 Å². The van der Waals surface area contributed by atoms with Crippen LogP contribution in [0, 0.1) is 0 Å². The van der Waals surface area contributed by atoms with E-state index in [1.54, 1.807) is 26.0 Å². The van der Waals surface area contributed by atoms with E-state index >= 15 is 0 Å². The zero-order chi connectivity index (χ0) is 13.8. The van der Waals surface area contributed by atoms with Crippen LogP contribution >= 0.6 is 0 Å². The van der Waals surface area contributed by atoms with Gasteiger partial charge in [-0.3, -0.25) is 4.68 Å². The molecular formula is C13H17N3O3. The van der Waals surface area contributed by atoms with Gasteiger partial charge in [-0.1, -0.05) is 6.07 Å². The fourth-order valence-electron chi connectivity index (χ4n) is 1.85. The van der Waals surface area contributed by atoms with Gasteiger partial charge < -0.3 is 14.2 Å². The van der Waals surface area contributed by atoms with Crippen molar-refractivity contribution >= 4 is 0 Å². The number of para-hydroxylation sites is 1. The van der Waals surface area contributed by atoms with E-state index in [4.69, 9.17) is 14.2 Å². The molecule has 0 unspecified atom stereocenters. The first-order valence-corrected chi connectivity index (χ1v) is 5.81. The van der Waals surface area contributed by atoms with Gasteiger partial charge in [0, 0.05) is 14.2 Å². The molecule has 0 aliphatic carbocycles. The summed E-state index contributed by atoms with van der Waals surface area (Å²) in [5, 5.41) is 4.37. The number of aryl methyl sites for hydroxylation is 1. The van der Waals surface area contributed by atoms with Crippen molar-refractivity contribution in [1.29, 1.82) is 0 Å². The summed E-state index contributed by atoms with van der Waals surface area (Å²) in [6.45, 7) is 0.412. The van der Waals surface area contributed by atoms with Gasteiger partial charge in [-0.05, 0) is 12.1 Å². The van der Waals surface area contributed by atoms with Gasteiger partial charge in [0.05, 0.1) is 19.8 Å². The van der Waals surface area contributed by atoms with E-state index in [-0.39, 0.29) is 0 Å². The quantitative estimate of drug-likeness (QED) is 0.821. The van der Waals surface area contributed by atoms with Crippen LogP contribution in [0.4, 0.5) is 0 Å². The van der Waals surface area contributed by atoms with Crippen LogP contribution in [0.15, 0.2) is 18.2 Å². The molecular weight excluding hydrogens is 246 g/mol. The summed E-state index contributed by atoms with van der Waals surface area (Å²) >= 11 is 0. The molecule has 0 atom stereocenters. The zero-order valence-electron chi connectivity index (χ0n) is 11.5. The van der Waals surface area contributed by atoms with Crippen molar-refractivity contribution in [3.8, 4) is 22.9 Å². The summed E-state index contributed by atoms with van der Waals surface area (Å²) in [7, 11) is 6.65. The van der Waals surface area contributed by atoms with Crippen molar-refractivity contribution < 1.29 is 14.2 Å². The molecule has 6 heteroatoms. The molecule has 0 saturated heterocycles. The average Bonchev–Trinajstić information content (AvgIpc) is 2.79. The lowest BCUT2D eigenvalue weighted by Crippen LogP contribution is -2.00. The molecule has 2 rings (SSSR count). The zero-order valence-corrected chi connectivity index (χ0v) is 11.5. The molecule has 0 fully saturated rings. The second kappa shape index (κ2) is 5.71. The summed E-state index contributed by atoms with van der Waals surface area (Å²) < 4.78 is 17.4. The summed E-state index contributed by atoms with van der Waals surface area (Å²) in [4.78, 5) is 4.45. The Kier molecular flexibility index (Phi) is 4.01. The Morgan fingerprint density at radius 3 is 2.58 bits per heavy atom. The molecule has 0 saturated carbocycles. The SMILES string of the molecule is COCc1nc(-c2cccc(OC)c2OC)nn1C. The van der Waals surface area contributed by atoms with Crippen LogP contribution in [0.1, 0.15) is 5.82 Å². The number of benzene rings is 1. The van der Waals surface area contributed by atoms with Gasteiger partial charge in [-0.15, -0.1) is 0 Å². The summed E-state index contributed by atoms with van der Waals surface area (Å²) in [6.07, 6.45) is 0. The Hall–Kier alpha value is -2.08. The minimum absolute atomic E-state index is 0.412. The molecule has 0 aliphatic heterocycles. The lowest BCUT2D eigenvalue weighted by Gasteiger charge is -2.10. The van der Waals surface area contributed by atoms with Crippen LogP contribution in [-0.4, -0.2) is 36.1 Å². The number of methoxy groups -OCH3 is 3. The van der Waals surface area contributed by atoms with E-state index in [1.165, 1.54) is 0 Å². The minimum Gasteiger partial charge on any atom is -0.493 e. The lowest BCUT2D eigenvalue weighted by atomic mass is 10.1. The molecule has 0 amide bonds. The molecule has 19 heavy (non-hydrogen) atoms. The van der Waals surface area contributed by atoms with Crippen molar-refractivity contribution in [3.63, 3.8) is 0 Å². The largest absolute Gasteiger partial charge is 0.493 e. The highest BCUT2D eigenvalue weighted by atomic mass is 16.5. The molecule has 6 nitrogen and oxygen atoms in total. The van der Waals surface area contributed by atoms with Crippen molar-refractivity contribution in [1.82, 2.24) is 14.8 Å². The maximum absolute atomic E-state index is 5.39. The van der Waals surface area contributed by atoms with E-state index in [9.17, 15) is 0 Å². The Labute approximate surface area is 111 Å². The van der Waals surface area contributed by atoms with Gasteiger partial charge in [-0.25, -0.2) is 4.98 Å². The molecule has 0 aliphatic rings. The highest BCUT2D eigenvalue weighted by molar-refractivity contribution is 5.68. The first kappa shape index (κ1) is 13.4. The molecule has 1 aromatic heterocycles. The standard InChI is InChI=1S/C13H17N3O3/c1-16-11(8-17-2)14-13(15-16)9-6-5-7-10(18-3)12(9)19-4/h5-7H,8H2,1-4H3. The Morgan fingerprint density at radius 2 is 1.95 bits per heavy atom. The van der Waals surface area contributed by atoms with Crippen molar-refractivity contribution in [3.05, 3.63) is 24.0 Å². The summed E-state index contributed by atoms with van der Waals surface area (Å²) in [6, 6.07) is 5.61. The molecule has 0 N–H and O–H groups in total. The van der Waals surface area contributed by atoms with Crippen LogP contribution in [0.3, 0.4) is 0 Å². The number of nitrogens with zero attached hydrogens (tertiary/aromatic N) is 3. The molecule has 102 valence electrons. The first-order valence-electron chi connectivity index (χ1n) is 5.81. The van der Waals surface area contributed by atoms with Crippen molar-refractivity contribution in [2.75, 3.05) is 21.3 Å². The third-order valence-electron chi connectivity index (χ3n) is 2.77. The van der Waals surface area contributed by atoms with Crippen LogP contribution in [0.25, 0.3) is 11.4 Å². The Balaban J connectivity index is 2.49. The lowest BCUT2D eigenvalue weighted by molar-refractivity contribution is 0.174. The van der Waals surface area contributed by atoms with Crippen molar-refractivity contribution in [2.45, 2.75) is 6.61 Å². The first-order chi connectivity index (χ1) is 9.21. The predicted molar refractivity (Wildman–Crippen MR) is 70.3 cm³/mol. The van der Waals surface area contributed by atoms with Gasteiger partial charge >= 0.3 is 0 Å². The van der Waals surface area contributed by atoms with E-state index in [2.05, 4.69) is 10.1 Å². The third kappa shape index (κ3) is 2.53. The van der Waals surface area contributed by atoms with Crippen LogP contribution in [-0.2, 0) is 18.4 Å². The predicted octanol–water partition coefficient (Wildman–Crippen LogP) is 1.65. The van der Waals surface area contributed by atoms with E-state index < -0.39 is 0 Å². The van der Waals surface area contributed by atoms with E-state index in [0.29, 0.717) is 23.9 Å². The van der Waals surface area contributed by atoms with Gasteiger partial charge in [0.15, 0.2) is 23.1 Å². The molecule has 1 aromatic carbocycles. The van der Waals surface area contributed by atoms with Gasteiger partial charge in [0.2, 0.25) is 0 Å². The molecule has 1 heterocycles. The summed E-state index contributed by atoms with van der Waals surface area (Å²) in [5.74, 6) is 2.62. The normalized spacial score (nSPS) is 10.5. The molecule has 0 radical (unpaired) electrons. The number of hydrogen-bond acceptors (Lipinski definition) is 5. The number of aromatic nitrogens is 3. The Morgan fingerprint density at radius 1 is 1.16 bits per heavy atom. The summed E-state index contributed by atoms with van der Waals surface area (Å²) in [5.41, 5.74) is 0.791. The smallest absolute Gasteiger partial charge is 0.185 e. The maximum Gasteiger partial charge on any atom is 0.185 e. The second-order valence-corrected chi connectivity index (χ2v) is 3.95. The number of ether oxygens (including phenoxy) is 3. The Bertz CT molecular complexity index is 566. The topological polar surface area (TPSA) is 58.4 Å². The van der Waals surface area contributed by atoms with Crippen LogP contribution < -0.4 is 9.47 Å². The monoisotopic (exact) mass is 263 g/mol. The minimum atomic E-state index is 0.412. The fraction of sp³-hybridized carbons (Fsp3) is 0.385.